The molecular weight excluding hydrogens is 330 g/mol. The predicted octanol–water partition coefficient (Wildman–Crippen LogP) is 2.24. The summed E-state index contributed by atoms with van der Waals surface area (Å²) in [5.74, 6) is -2.16. The second-order valence-corrected chi connectivity index (χ2v) is 5.15. The quantitative estimate of drug-likeness (QED) is 0.745. The zero-order valence-electron chi connectivity index (χ0n) is 13.0. The van der Waals surface area contributed by atoms with Crippen LogP contribution in [0.1, 0.15) is 5.56 Å². The molecule has 25 heavy (non-hydrogen) atoms. The molecule has 0 fully saturated rings. The van der Waals surface area contributed by atoms with Gasteiger partial charge in [0.15, 0.2) is 18.2 Å². The van der Waals surface area contributed by atoms with Crippen LogP contribution in [0.2, 0.25) is 0 Å². The summed E-state index contributed by atoms with van der Waals surface area (Å²) in [6, 6.07) is 10.3. The summed E-state index contributed by atoms with van der Waals surface area (Å²) < 4.78 is 32.9. The minimum atomic E-state index is -0.853. The van der Waals surface area contributed by atoms with Crippen molar-refractivity contribution in [2.45, 2.75) is 6.54 Å². The van der Waals surface area contributed by atoms with Crippen LogP contribution in [0, 0.1) is 11.6 Å². The monoisotopic (exact) mass is 344 g/mol. The van der Waals surface area contributed by atoms with Crippen molar-refractivity contribution in [2.24, 2.45) is 0 Å². The summed E-state index contributed by atoms with van der Waals surface area (Å²) in [7, 11) is 0. The number of benzene rings is 2. The van der Waals surface area contributed by atoms with Crippen LogP contribution in [0.3, 0.4) is 0 Å². The van der Waals surface area contributed by atoms with E-state index >= 15 is 0 Å². The molecule has 1 amide bonds. The van der Waals surface area contributed by atoms with Gasteiger partial charge in [0.2, 0.25) is 0 Å². The Kier molecular flexibility index (Phi) is 4.98. The van der Waals surface area contributed by atoms with E-state index in [-0.39, 0.29) is 18.9 Å². The molecule has 1 aromatic heterocycles. The lowest BCUT2D eigenvalue weighted by atomic mass is 10.2. The van der Waals surface area contributed by atoms with Gasteiger partial charge in [0.1, 0.15) is 18.5 Å². The van der Waals surface area contributed by atoms with Crippen molar-refractivity contribution in [1.82, 2.24) is 20.1 Å². The number of hydrogen-bond acceptors (Lipinski definition) is 4. The Labute approximate surface area is 142 Å². The number of halogens is 2. The van der Waals surface area contributed by atoms with Gasteiger partial charge < -0.3 is 10.1 Å². The van der Waals surface area contributed by atoms with Crippen LogP contribution < -0.4 is 10.1 Å². The Morgan fingerprint density at radius 3 is 2.84 bits per heavy atom. The van der Waals surface area contributed by atoms with Crippen LogP contribution in [-0.2, 0) is 11.3 Å². The SMILES string of the molecule is O=C(COc1ccc(F)cc1F)NCc1cccc(-n2cncn2)c1. The average Bonchev–Trinajstić information content (AvgIpc) is 3.14. The van der Waals surface area contributed by atoms with Crippen LogP contribution in [0.25, 0.3) is 5.69 Å². The minimum Gasteiger partial charge on any atom is -0.481 e. The summed E-state index contributed by atoms with van der Waals surface area (Å²) >= 11 is 0. The second-order valence-electron chi connectivity index (χ2n) is 5.15. The van der Waals surface area contributed by atoms with Gasteiger partial charge in [0.05, 0.1) is 5.69 Å². The number of aromatic nitrogens is 3. The highest BCUT2D eigenvalue weighted by atomic mass is 19.1. The van der Waals surface area contributed by atoms with Crippen molar-refractivity contribution in [1.29, 1.82) is 0 Å². The van der Waals surface area contributed by atoms with E-state index in [0.717, 1.165) is 23.4 Å². The summed E-state index contributed by atoms with van der Waals surface area (Å²) in [5.41, 5.74) is 1.67. The van der Waals surface area contributed by atoms with Crippen molar-refractivity contribution in [3.05, 3.63) is 72.3 Å². The van der Waals surface area contributed by atoms with Crippen LogP contribution in [0.15, 0.2) is 55.1 Å². The Balaban J connectivity index is 1.53. The molecule has 3 rings (SSSR count). The standard InChI is InChI=1S/C17H14F2N4O2/c18-13-4-5-16(15(19)7-13)25-9-17(24)21-8-12-2-1-3-14(6-12)23-11-20-10-22-23/h1-7,10-11H,8-9H2,(H,21,24). The maximum atomic E-state index is 13.4. The Hall–Kier alpha value is -3.29. The molecule has 0 saturated carbocycles. The van der Waals surface area contributed by atoms with E-state index in [9.17, 15) is 13.6 Å². The van der Waals surface area contributed by atoms with E-state index < -0.39 is 17.5 Å². The first-order valence-electron chi connectivity index (χ1n) is 7.40. The topological polar surface area (TPSA) is 69.0 Å². The number of rotatable bonds is 6. The molecule has 0 saturated heterocycles. The second kappa shape index (κ2) is 7.52. The van der Waals surface area contributed by atoms with Gasteiger partial charge in [-0.2, -0.15) is 5.10 Å². The first-order valence-corrected chi connectivity index (χ1v) is 7.40. The van der Waals surface area contributed by atoms with Crippen molar-refractivity contribution >= 4 is 5.91 Å². The Morgan fingerprint density at radius 1 is 1.20 bits per heavy atom. The summed E-state index contributed by atoms with van der Waals surface area (Å²) in [6.45, 7) is -0.0953. The zero-order valence-corrected chi connectivity index (χ0v) is 13.0. The minimum absolute atomic E-state index is 0.176. The Morgan fingerprint density at radius 2 is 2.08 bits per heavy atom. The number of nitrogens with zero attached hydrogens (tertiary/aromatic N) is 3. The van der Waals surface area contributed by atoms with Gasteiger partial charge >= 0.3 is 0 Å². The Bertz CT molecular complexity index is 869. The number of hydrogen-bond donors (Lipinski definition) is 1. The van der Waals surface area contributed by atoms with E-state index in [1.165, 1.54) is 6.33 Å². The molecule has 0 aliphatic rings. The molecule has 1 N–H and O–H groups in total. The van der Waals surface area contributed by atoms with Crippen molar-refractivity contribution in [3.63, 3.8) is 0 Å². The summed E-state index contributed by atoms with van der Waals surface area (Å²) in [6.07, 6.45) is 3.00. The van der Waals surface area contributed by atoms with Crippen molar-refractivity contribution in [2.75, 3.05) is 6.61 Å². The van der Waals surface area contributed by atoms with Gasteiger partial charge in [-0.25, -0.2) is 18.4 Å². The van der Waals surface area contributed by atoms with Crippen molar-refractivity contribution in [3.8, 4) is 11.4 Å². The normalized spacial score (nSPS) is 10.5. The van der Waals surface area contributed by atoms with E-state index in [4.69, 9.17) is 4.74 Å². The van der Waals surface area contributed by atoms with E-state index in [2.05, 4.69) is 15.4 Å². The third-order valence-electron chi connectivity index (χ3n) is 3.34. The fourth-order valence-electron chi connectivity index (χ4n) is 2.14. The molecule has 0 radical (unpaired) electrons. The van der Waals surface area contributed by atoms with Gasteiger partial charge in [0.25, 0.3) is 5.91 Å². The van der Waals surface area contributed by atoms with Crippen LogP contribution in [-0.4, -0.2) is 27.3 Å². The molecule has 0 aliphatic carbocycles. The molecule has 3 aromatic rings. The molecule has 0 spiro atoms. The van der Waals surface area contributed by atoms with Gasteiger partial charge in [-0.1, -0.05) is 12.1 Å². The van der Waals surface area contributed by atoms with E-state index in [0.29, 0.717) is 6.07 Å². The number of amides is 1. The fourth-order valence-corrected chi connectivity index (χ4v) is 2.14. The maximum absolute atomic E-state index is 13.4. The number of nitrogens with one attached hydrogen (secondary N) is 1. The largest absolute Gasteiger partial charge is 0.481 e. The van der Waals surface area contributed by atoms with Crippen LogP contribution in [0.4, 0.5) is 8.78 Å². The molecular formula is C17H14F2N4O2. The molecule has 1 heterocycles. The number of ether oxygens (including phenoxy) is 1. The molecule has 0 unspecified atom stereocenters. The summed E-state index contributed by atoms with van der Waals surface area (Å²) in [5, 5.41) is 6.70. The molecule has 0 atom stereocenters. The first-order chi connectivity index (χ1) is 12.1. The van der Waals surface area contributed by atoms with Crippen molar-refractivity contribution < 1.29 is 18.3 Å². The molecule has 6 nitrogen and oxygen atoms in total. The van der Waals surface area contributed by atoms with Gasteiger partial charge in [0, 0.05) is 12.6 Å². The van der Waals surface area contributed by atoms with Crippen LogP contribution >= 0.6 is 0 Å². The first kappa shape index (κ1) is 16.6. The van der Waals surface area contributed by atoms with E-state index in [1.807, 2.05) is 24.3 Å². The third kappa shape index (κ3) is 4.37. The van der Waals surface area contributed by atoms with Crippen LogP contribution in [0.5, 0.6) is 5.75 Å². The van der Waals surface area contributed by atoms with Gasteiger partial charge in [-0.3, -0.25) is 4.79 Å². The lowest BCUT2D eigenvalue weighted by molar-refractivity contribution is -0.123. The smallest absolute Gasteiger partial charge is 0.258 e. The van der Waals surface area contributed by atoms with Gasteiger partial charge in [-0.15, -0.1) is 0 Å². The molecule has 0 bridgehead atoms. The molecule has 0 aliphatic heterocycles. The molecule has 8 heteroatoms. The number of carbonyl (C=O) groups is 1. The fraction of sp³-hybridized carbons (Fsp3) is 0.118. The average molecular weight is 344 g/mol. The number of carbonyl (C=O) groups excluding carboxylic acids is 1. The lowest BCUT2D eigenvalue weighted by Gasteiger charge is -2.09. The molecule has 2 aromatic carbocycles. The summed E-state index contributed by atoms with van der Waals surface area (Å²) in [4.78, 5) is 15.7. The molecule has 128 valence electrons. The predicted molar refractivity (Wildman–Crippen MR) is 85.1 cm³/mol. The third-order valence-corrected chi connectivity index (χ3v) is 3.34. The highest BCUT2D eigenvalue weighted by molar-refractivity contribution is 5.77. The maximum Gasteiger partial charge on any atom is 0.258 e. The lowest BCUT2D eigenvalue weighted by Crippen LogP contribution is -2.28. The highest BCUT2D eigenvalue weighted by Crippen LogP contribution is 2.17. The van der Waals surface area contributed by atoms with E-state index in [1.54, 1.807) is 11.0 Å². The van der Waals surface area contributed by atoms with Gasteiger partial charge in [-0.05, 0) is 29.8 Å². The highest BCUT2D eigenvalue weighted by Gasteiger charge is 2.08. The zero-order chi connectivity index (χ0) is 17.6.